The molecular formula is C18H20FN3O4. The third kappa shape index (κ3) is 3.96. The zero-order chi connectivity index (χ0) is 19.4. The van der Waals surface area contributed by atoms with Crippen LogP contribution in [0.2, 0.25) is 0 Å². The number of carboxylic acid groups (broad SMARTS) is 1. The van der Waals surface area contributed by atoms with Gasteiger partial charge in [0.2, 0.25) is 5.43 Å². The van der Waals surface area contributed by atoms with Crippen molar-refractivity contribution in [1.29, 1.82) is 0 Å². The number of rotatable bonds is 6. The molecule has 1 N–H and O–H groups in total. The van der Waals surface area contributed by atoms with Gasteiger partial charge in [-0.3, -0.25) is 14.4 Å². The lowest BCUT2D eigenvalue weighted by Gasteiger charge is -2.26. The molecule has 2 rings (SSSR count). The molecule has 0 radical (unpaired) electrons. The van der Waals surface area contributed by atoms with E-state index in [1.807, 2.05) is 0 Å². The molecule has 1 unspecified atom stereocenters. The number of benzene rings is 1. The molecule has 138 valence electrons. The molecule has 0 aliphatic rings. The van der Waals surface area contributed by atoms with Gasteiger partial charge in [-0.05, 0) is 32.4 Å². The SMILES string of the molecule is CCC(C)N(CC(=O)O)C(=O)c1nn(-c2ccccc2F)c(C)cc1=O. The fourth-order valence-corrected chi connectivity index (χ4v) is 2.49. The van der Waals surface area contributed by atoms with Gasteiger partial charge in [0.05, 0.1) is 0 Å². The van der Waals surface area contributed by atoms with Crippen LogP contribution in [0.25, 0.3) is 5.69 Å². The van der Waals surface area contributed by atoms with Crippen molar-refractivity contribution in [3.8, 4) is 5.69 Å². The Morgan fingerprint density at radius 1 is 1.35 bits per heavy atom. The van der Waals surface area contributed by atoms with Crippen molar-refractivity contribution in [3.05, 3.63) is 57.8 Å². The Bertz CT molecular complexity index is 894. The summed E-state index contributed by atoms with van der Waals surface area (Å²) < 4.78 is 15.3. The number of para-hydroxylation sites is 1. The summed E-state index contributed by atoms with van der Waals surface area (Å²) in [6.07, 6.45) is 0.506. The van der Waals surface area contributed by atoms with Gasteiger partial charge in [-0.2, -0.15) is 5.10 Å². The van der Waals surface area contributed by atoms with Crippen LogP contribution in [-0.4, -0.2) is 44.3 Å². The first-order chi connectivity index (χ1) is 12.3. The third-order valence-corrected chi connectivity index (χ3v) is 4.08. The number of aryl methyl sites for hydroxylation is 1. The topological polar surface area (TPSA) is 92.5 Å². The van der Waals surface area contributed by atoms with E-state index in [1.165, 1.54) is 28.9 Å². The fourth-order valence-electron chi connectivity index (χ4n) is 2.49. The lowest BCUT2D eigenvalue weighted by molar-refractivity contribution is -0.138. The number of carbonyl (C=O) groups excluding carboxylic acids is 1. The molecule has 1 heterocycles. The third-order valence-electron chi connectivity index (χ3n) is 4.08. The standard InChI is InChI=1S/C18H20FN3O4/c1-4-11(2)21(10-16(24)25)18(26)17-15(23)9-12(3)22(20-17)14-8-6-5-7-13(14)19/h5-9,11H,4,10H2,1-3H3,(H,24,25). The number of halogens is 1. The van der Waals surface area contributed by atoms with E-state index in [0.717, 1.165) is 4.90 Å². The number of carbonyl (C=O) groups is 2. The minimum absolute atomic E-state index is 0.0902. The number of hydrogen-bond acceptors (Lipinski definition) is 4. The van der Waals surface area contributed by atoms with E-state index in [9.17, 15) is 18.8 Å². The Morgan fingerprint density at radius 3 is 2.58 bits per heavy atom. The Kier molecular flexibility index (Phi) is 5.86. The van der Waals surface area contributed by atoms with Gasteiger partial charge in [-0.25, -0.2) is 9.07 Å². The van der Waals surface area contributed by atoms with E-state index in [0.29, 0.717) is 12.1 Å². The minimum Gasteiger partial charge on any atom is -0.480 e. The maximum atomic E-state index is 14.1. The summed E-state index contributed by atoms with van der Waals surface area (Å²) in [5.41, 5.74) is -0.642. The van der Waals surface area contributed by atoms with Crippen LogP contribution in [0, 0.1) is 12.7 Å². The largest absolute Gasteiger partial charge is 0.480 e. The molecule has 1 aromatic carbocycles. The first-order valence-electron chi connectivity index (χ1n) is 8.14. The first-order valence-corrected chi connectivity index (χ1v) is 8.14. The van der Waals surface area contributed by atoms with E-state index in [1.54, 1.807) is 26.8 Å². The number of aromatic nitrogens is 2. The zero-order valence-corrected chi connectivity index (χ0v) is 14.8. The van der Waals surface area contributed by atoms with Gasteiger partial charge < -0.3 is 10.0 Å². The van der Waals surface area contributed by atoms with Crippen molar-refractivity contribution in [3.63, 3.8) is 0 Å². The molecule has 0 fully saturated rings. The van der Waals surface area contributed by atoms with Crippen molar-refractivity contribution < 1.29 is 19.1 Å². The number of aliphatic carboxylic acids is 1. The molecule has 0 aliphatic carbocycles. The second kappa shape index (κ2) is 7.90. The van der Waals surface area contributed by atoms with E-state index in [4.69, 9.17) is 5.11 Å². The summed E-state index contributed by atoms with van der Waals surface area (Å²) in [4.78, 5) is 37.2. The molecular weight excluding hydrogens is 341 g/mol. The molecule has 0 saturated carbocycles. The molecule has 1 amide bonds. The highest BCUT2D eigenvalue weighted by Crippen LogP contribution is 2.14. The van der Waals surface area contributed by atoms with Gasteiger partial charge in [0.15, 0.2) is 5.69 Å². The lowest BCUT2D eigenvalue weighted by Crippen LogP contribution is -2.44. The maximum absolute atomic E-state index is 14.1. The highest BCUT2D eigenvalue weighted by atomic mass is 19.1. The highest BCUT2D eigenvalue weighted by Gasteiger charge is 2.27. The van der Waals surface area contributed by atoms with Gasteiger partial charge in [-0.15, -0.1) is 0 Å². The first kappa shape index (κ1) is 19.3. The van der Waals surface area contributed by atoms with Crippen molar-refractivity contribution in [2.24, 2.45) is 0 Å². The van der Waals surface area contributed by atoms with Crippen molar-refractivity contribution in [2.75, 3.05) is 6.54 Å². The Morgan fingerprint density at radius 2 is 2.00 bits per heavy atom. The van der Waals surface area contributed by atoms with Gasteiger partial charge in [0, 0.05) is 17.8 Å². The quantitative estimate of drug-likeness (QED) is 0.850. The monoisotopic (exact) mass is 361 g/mol. The Balaban J connectivity index is 2.57. The average Bonchev–Trinajstić information content (AvgIpc) is 2.59. The van der Waals surface area contributed by atoms with Gasteiger partial charge in [0.25, 0.3) is 5.91 Å². The summed E-state index contributed by atoms with van der Waals surface area (Å²) in [6.45, 7) is 4.50. The summed E-state index contributed by atoms with van der Waals surface area (Å²) in [5, 5.41) is 13.1. The zero-order valence-electron chi connectivity index (χ0n) is 14.8. The number of amides is 1. The molecule has 1 aromatic heterocycles. The van der Waals surface area contributed by atoms with Crippen molar-refractivity contribution in [1.82, 2.24) is 14.7 Å². The minimum atomic E-state index is -1.19. The van der Waals surface area contributed by atoms with Crippen LogP contribution in [0.4, 0.5) is 4.39 Å². The second-order valence-electron chi connectivity index (χ2n) is 5.95. The Hall–Kier alpha value is -3.03. The summed E-state index contributed by atoms with van der Waals surface area (Å²) in [5.74, 6) is -2.55. The van der Waals surface area contributed by atoms with E-state index >= 15 is 0 Å². The fraction of sp³-hybridized carbons (Fsp3) is 0.333. The summed E-state index contributed by atoms with van der Waals surface area (Å²) in [7, 11) is 0. The molecule has 8 heteroatoms. The molecule has 0 aliphatic heterocycles. The van der Waals surface area contributed by atoms with E-state index < -0.39 is 41.4 Å². The van der Waals surface area contributed by atoms with E-state index in [2.05, 4.69) is 5.10 Å². The highest BCUT2D eigenvalue weighted by molar-refractivity contribution is 5.94. The Labute approximate surface area is 149 Å². The van der Waals surface area contributed by atoms with Gasteiger partial charge in [-0.1, -0.05) is 19.1 Å². The molecule has 1 atom stereocenters. The average molecular weight is 361 g/mol. The van der Waals surface area contributed by atoms with Crippen LogP contribution in [0.5, 0.6) is 0 Å². The lowest BCUT2D eigenvalue weighted by atomic mass is 10.2. The van der Waals surface area contributed by atoms with Crippen molar-refractivity contribution in [2.45, 2.75) is 33.2 Å². The number of carboxylic acids is 1. The molecule has 0 spiro atoms. The smallest absolute Gasteiger partial charge is 0.323 e. The van der Waals surface area contributed by atoms with Crippen molar-refractivity contribution >= 4 is 11.9 Å². The number of nitrogens with zero attached hydrogens (tertiary/aromatic N) is 3. The molecule has 7 nitrogen and oxygen atoms in total. The molecule has 0 bridgehead atoms. The predicted molar refractivity (Wildman–Crippen MR) is 93.0 cm³/mol. The van der Waals surface area contributed by atoms with Crippen LogP contribution in [0.15, 0.2) is 35.1 Å². The van der Waals surface area contributed by atoms with Crippen LogP contribution >= 0.6 is 0 Å². The van der Waals surface area contributed by atoms with Crippen LogP contribution in [0.1, 0.15) is 36.5 Å². The van der Waals surface area contributed by atoms with E-state index in [-0.39, 0.29) is 5.69 Å². The van der Waals surface area contributed by atoms with Crippen LogP contribution in [-0.2, 0) is 4.79 Å². The van der Waals surface area contributed by atoms with Crippen LogP contribution < -0.4 is 5.43 Å². The molecule has 0 saturated heterocycles. The summed E-state index contributed by atoms with van der Waals surface area (Å²) in [6, 6.07) is 6.62. The normalized spacial score (nSPS) is 11.8. The predicted octanol–water partition coefficient (Wildman–Crippen LogP) is 2.01. The van der Waals surface area contributed by atoms with Gasteiger partial charge >= 0.3 is 5.97 Å². The molecule has 2 aromatic rings. The second-order valence-corrected chi connectivity index (χ2v) is 5.95. The summed E-state index contributed by atoms with van der Waals surface area (Å²) >= 11 is 0. The van der Waals surface area contributed by atoms with Crippen LogP contribution in [0.3, 0.4) is 0 Å². The molecule has 26 heavy (non-hydrogen) atoms. The number of hydrogen-bond donors (Lipinski definition) is 1. The maximum Gasteiger partial charge on any atom is 0.323 e. The van der Waals surface area contributed by atoms with Gasteiger partial charge in [0.1, 0.15) is 18.0 Å².